The summed E-state index contributed by atoms with van der Waals surface area (Å²) in [7, 11) is 1.79. The van der Waals surface area contributed by atoms with Crippen molar-refractivity contribution < 1.29 is 13.2 Å². The maximum absolute atomic E-state index is 12.8. The fourth-order valence-electron chi connectivity index (χ4n) is 1.80. The van der Waals surface area contributed by atoms with Crippen LogP contribution in [0.3, 0.4) is 0 Å². The van der Waals surface area contributed by atoms with Gasteiger partial charge in [0.25, 0.3) is 0 Å². The Bertz CT molecular complexity index is 573. The van der Waals surface area contributed by atoms with E-state index in [9.17, 15) is 13.2 Å². The summed E-state index contributed by atoms with van der Waals surface area (Å²) < 4.78 is 39.9. The maximum atomic E-state index is 12.8. The summed E-state index contributed by atoms with van der Waals surface area (Å²) in [6.07, 6.45) is -0.839. The number of nitrogens with zero attached hydrogens (tertiary/aromatic N) is 2. The molecule has 0 spiro atoms. The van der Waals surface area contributed by atoms with Crippen molar-refractivity contribution in [2.45, 2.75) is 19.6 Å². The van der Waals surface area contributed by atoms with Crippen LogP contribution < -0.4 is 5.32 Å². The number of nitrogens with one attached hydrogen (secondary N) is 1. The Hall–Kier alpha value is -1.98. The third-order valence-electron chi connectivity index (χ3n) is 2.80. The number of benzene rings is 1. The molecule has 1 heterocycles. The molecule has 6 heteroatoms. The van der Waals surface area contributed by atoms with Crippen LogP contribution in [0.1, 0.15) is 16.7 Å². The third-order valence-corrected chi connectivity index (χ3v) is 2.80. The molecule has 1 aromatic heterocycles. The Balaban J connectivity index is 2.13. The molecule has 0 amide bonds. The van der Waals surface area contributed by atoms with E-state index in [2.05, 4.69) is 10.4 Å². The SMILES string of the molecule is Cc1ccc(NCc2cnn(C)c2)cc1C(F)(F)F. The number of alkyl halides is 3. The highest BCUT2D eigenvalue weighted by atomic mass is 19.4. The van der Waals surface area contributed by atoms with E-state index in [0.717, 1.165) is 11.6 Å². The molecule has 0 aliphatic carbocycles. The van der Waals surface area contributed by atoms with Gasteiger partial charge in [-0.1, -0.05) is 6.07 Å². The number of hydrogen-bond donors (Lipinski definition) is 1. The van der Waals surface area contributed by atoms with Crippen molar-refractivity contribution in [3.05, 3.63) is 47.3 Å². The molecule has 0 radical (unpaired) electrons. The van der Waals surface area contributed by atoms with E-state index in [1.165, 1.54) is 13.0 Å². The summed E-state index contributed by atoms with van der Waals surface area (Å²) in [6.45, 7) is 1.89. The molecule has 0 aliphatic heterocycles. The number of halogens is 3. The van der Waals surface area contributed by atoms with Crippen molar-refractivity contribution in [1.29, 1.82) is 0 Å². The van der Waals surface area contributed by atoms with Gasteiger partial charge in [0, 0.05) is 31.0 Å². The van der Waals surface area contributed by atoms with Crippen LogP contribution in [0.15, 0.2) is 30.6 Å². The van der Waals surface area contributed by atoms with E-state index in [0.29, 0.717) is 12.2 Å². The lowest BCUT2D eigenvalue weighted by atomic mass is 10.1. The van der Waals surface area contributed by atoms with Gasteiger partial charge in [-0.05, 0) is 24.6 Å². The largest absolute Gasteiger partial charge is 0.416 e. The normalized spacial score (nSPS) is 11.6. The van der Waals surface area contributed by atoms with E-state index >= 15 is 0 Å². The molecule has 0 unspecified atom stereocenters. The van der Waals surface area contributed by atoms with Crippen molar-refractivity contribution in [1.82, 2.24) is 9.78 Å². The van der Waals surface area contributed by atoms with Gasteiger partial charge in [-0.15, -0.1) is 0 Å². The molecule has 0 aliphatic rings. The lowest BCUT2D eigenvalue weighted by Gasteiger charge is -2.13. The molecule has 0 fully saturated rings. The Morgan fingerprint density at radius 3 is 2.63 bits per heavy atom. The van der Waals surface area contributed by atoms with Crippen LogP contribution in [0.25, 0.3) is 0 Å². The van der Waals surface area contributed by atoms with Crippen molar-refractivity contribution in [2.24, 2.45) is 7.05 Å². The molecule has 0 saturated carbocycles. The Labute approximate surface area is 109 Å². The topological polar surface area (TPSA) is 29.9 Å². The quantitative estimate of drug-likeness (QED) is 0.926. The van der Waals surface area contributed by atoms with Gasteiger partial charge in [0.05, 0.1) is 11.8 Å². The smallest absolute Gasteiger partial charge is 0.381 e. The highest BCUT2D eigenvalue weighted by Gasteiger charge is 2.32. The van der Waals surface area contributed by atoms with Crippen molar-refractivity contribution in [3.63, 3.8) is 0 Å². The van der Waals surface area contributed by atoms with Crippen LogP contribution >= 0.6 is 0 Å². The van der Waals surface area contributed by atoms with E-state index in [4.69, 9.17) is 0 Å². The van der Waals surface area contributed by atoms with Crippen LogP contribution in [0.5, 0.6) is 0 Å². The Morgan fingerprint density at radius 1 is 1.32 bits per heavy atom. The minimum Gasteiger partial charge on any atom is -0.381 e. The predicted octanol–water partition coefficient (Wildman–Crippen LogP) is 3.36. The standard InChI is InChI=1S/C13H14F3N3/c1-9-3-4-11(5-12(9)13(14,15)16)17-6-10-7-18-19(2)8-10/h3-5,7-8,17H,6H2,1-2H3. The molecule has 2 rings (SSSR count). The fourth-order valence-corrected chi connectivity index (χ4v) is 1.80. The number of rotatable bonds is 3. The second kappa shape index (κ2) is 4.95. The van der Waals surface area contributed by atoms with E-state index in [-0.39, 0.29) is 5.56 Å². The number of hydrogen-bond acceptors (Lipinski definition) is 2. The van der Waals surface area contributed by atoms with Gasteiger partial charge >= 0.3 is 6.18 Å². The van der Waals surface area contributed by atoms with Gasteiger partial charge in [0.1, 0.15) is 0 Å². The molecule has 102 valence electrons. The van der Waals surface area contributed by atoms with Gasteiger partial charge in [0.15, 0.2) is 0 Å². The highest BCUT2D eigenvalue weighted by molar-refractivity contribution is 5.49. The summed E-state index contributed by atoms with van der Waals surface area (Å²) in [5.41, 5.74) is 0.974. The van der Waals surface area contributed by atoms with Crippen molar-refractivity contribution in [2.75, 3.05) is 5.32 Å². The fraction of sp³-hybridized carbons (Fsp3) is 0.308. The highest BCUT2D eigenvalue weighted by Crippen LogP contribution is 2.33. The van der Waals surface area contributed by atoms with Crippen molar-refractivity contribution >= 4 is 5.69 Å². The first-order valence-corrected chi connectivity index (χ1v) is 5.75. The molecule has 3 nitrogen and oxygen atoms in total. The zero-order chi connectivity index (χ0) is 14.0. The first-order chi connectivity index (χ1) is 8.86. The van der Waals surface area contributed by atoms with Crippen molar-refractivity contribution in [3.8, 4) is 0 Å². The summed E-state index contributed by atoms with van der Waals surface area (Å²) in [5, 5.41) is 6.96. The second-order valence-corrected chi connectivity index (χ2v) is 4.40. The van der Waals surface area contributed by atoms with Crippen LogP contribution in [0.2, 0.25) is 0 Å². The molecule has 1 N–H and O–H groups in total. The van der Waals surface area contributed by atoms with Gasteiger partial charge < -0.3 is 5.32 Å². The monoisotopic (exact) mass is 269 g/mol. The number of aromatic nitrogens is 2. The van der Waals surface area contributed by atoms with Gasteiger partial charge in [-0.2, -0.15) is 18.3 Å². The van der Waals surface area contributed by atoms with E-state index < -0.39 is 11.7 Å². The second-order valence-electron chi connectivity index (χ2n) is 4.40. The first-order valence-electron chi connectivity index (χ1n) is 5.75. The zero-order valence-electron chi connectivity index (χ0n) is 10.6. The average Bonchev–Trinajstić information content (AvgIpc) is 2.72. The van der Waals surface area contributed by atoms with Crippen LogP contribution in [-0.4, -0.2) is 9.78 Å². The lowest BCUT2D eigenvalue weighted by molar-refractivity contribution is -0.138. The van der Waals surface area contributed by atoms with E-state index in [1.54, 1.807) is 24.0 Å². The Morgan fingerprint density at radius 2 is 2.05 bits per heavy atom. The molecule has 2 aromatic rings. The number of aryl methyl sites for hydroxylation is 2. The van der Waals surface area contributed by atoms with E-state index in [1.807, 2.05) is 6.20 Å². The van der Waals surface area contributed by atoms with Crippen LogP contribution in [0.4, 0.5) is 18.9 Å². The zero-order valence-corrected chi connectivity index (χ0v) is 10.6. The molecule has 19 heavy (non-hydrogen) atoms. The molecule has 0 saturated heterocycles. The van der Waals surface area contributed by atoms with Crippen LogP contribution in [-0.2, 0) is 19.8 Å². The summed E-state index contributed by atoms with van der Waals surface area (Å²) in [6, 6.07) is 4.24. The Kier molecular flexibility index (Phi) is 3.50. The minimum atomic E-state index is -4.32. The van der Waals surface area contributed by atoms with Gasteiger partial charge in [0.2, 0.25) is 0 Å². The average molecular weight is 269 g/mol. The minimum absolute atomic E-state index is 0.222. The summed E-state index contributed by atoms with van der Waals surface area (Å²) in [5.74, 6) is 0. The lowest BCUT2D eigenvalue weighted by Crippen LogP contribution is -2.08. The molecule has 1 aromatic carbocycles. The summed E-state index contributed by atoms with van der Waals surface area (Å²) >= 11 is 0. The first kappa shape index (κ1) is 13.5. The van der Waals surface area contributed by atoms with Crippen LogP contribution in [0, 0.1) is 6.92 Å². The molecular weight excluding hydrogens is 255 g/mol. The molecule has 0 bridgehead atoms. The molecule has 0 atom stereocenters. The molecular formula is C13H14F3N3. The number of anilines is 1. The maximum Gasteiger partial charge on any atom is 0.416 e. The van der Waals surface area contributed by atoms with Gasteiger partial charge in [-0.25, -0.2) is 0 Å². The predicted molar refractivity (Wildman–Crippen MR) is 66.7 cm³/mol. The van der Waals surface area contributed by atoms with Gasteiger partial charge in [-0.3, -0.25) is 4.68 Å². The summed E-state index contributed by atoms with van der Waals surface area (Å²) in [4.78, 5) is 0. The third kappa shape index (κ3) is 3.27.